The number of hydrogen-bond acceptors (Lipinski definition) is 1. The molecule has 2 nitrogen and oxygen atoms in total. The minimum absolute atomic E-state index is 0.192. The van der Waals surface area contributed by atoms with E-state index in [1.165, 1.54) is 11.6 Å². The Balaban J connectivity index is 2.62. The van der Waals surface area contributed by atoms with Gasteiger partial charge in [0.25, 0.3) is 0 Å². The zero-order valence-electron chi connectivity index (χ0n) is 9.02. The maximum atomic E-state index is 13.0. The second-order valence-electron chi connectivity index (χ2n) is 3.66. The maximum absolute atomic E-state index is 13.0. The lowest BCUT2D eigenvalue weighted by atomic mass is 10.1. The molecule has 80 valence electrons. The van der Waals surface area contributed by atoms with Crippen LogP contribution in [0.4, 0.5) is 4.39 Å². The van der Waals surface area contributed by atoms with Crippen molar-refractivity contribution in [2.45, 2.75) is 19.9 Å². The van der Waals surface area contributed by atoms with Crippen LogP contribution in [0.3, 0.4) is 0 Å². The third-order valence-corrected chi connectivity index (χ3v) is 2.66. The van der Waals surface area contributed by atoms with E-state index < -0.39 is 0 Å². The average molecular weight is 206 g/mol. The summed E-state index contributed by atoms with van der Waals surface area (Å²) in [4.78, 5) is 3.25. The fourth-order valence-electron chi connectivity index (χ4n) is 2.02. The molecule has 2 rings (SSSR count). The van der Waals surface area contributed by atoms with Crippen LogP contribution in [0.15, 0.2) is 18.2 Å². The largest absolute Gasteiger partial charge is 0.357 e. The molecule has 0 spiro atoms. The van der Waals surface area contributed by atoms with Crippen LogP contribution >= 0.6 is 0 Å². The summed E-state index contributed by atoms with van der Waals surface area (Å²) in [5.74, 6) is -0.192. The molecule has 15 heavy (non-hydrogen) atoms. The van der Waals surface area contributed by atoms with E-state index >= 15 is 0 Å². The highest BCUT2D eigenvalue weighted by Crippen LogP contribution is 2.23. The van der Waals surface area contributed by atoms with Gasteiger partial charge in [-0.15, -0.1) is 0 Å². The van der Waals surface area contributed by atoms with Gasteiger partial charge in [0.05, 0.1) is 0 Å². The molecule has 0 saturated heterocycles. The van der Waals surface area contributed by atoms with E-state index in [-0.39, 0.29) is 5.82 Å². The first kappa shape index (κ1) is 10.2. The van der Waals surface area contributed by atoms with Crippen LogP contribution in [-0.2, 0) is 13.0 Å². The van der Waals surface area contributed by atoms with E-state index in [0.717, 1.165) is 29.6 Å². The monoisotopic (exact) mass is 206 g/mol. The summed E-state index contributed by atoms with van der Waals surface area (Å²) in [6.45, 7) is 2.91. The zero-order chi connectivity index (χ0) is 10.8. The van der Waals surface area contributed by atoms with Crippen molar-refractivity contribution in [3.8, 4) is 0 Å². The van der Waals surface area contributed by atoms with Crippen LogP contribution < -0.4 is 5.32 Å². The zero-order valence-corrected chi connectivity index (χ0v) is 9.02. The molecule has 2 N–H and O–H groups in total. The summed E-state index contributed by atoms with van der Waals surface area (Å²) in [5, 5.41) is 4.24. The van der Waals surface area contributed by atoms with Gasteiger partial charge in [0.2, 0.25) is 0 Å². The number of aromatic nitrogens is 1. The quantitative estimate of drug-likeness (QED) is 0.793. The summed E-state index contributed by atoms with van der Waals surface area (Å²) in [7, 11) is 1.91. The first-order valence-electron chi connectivity index (χ1n) is 5.19. The predicted molar refractivity (Wildman–Crippen MR) is 60.4 cm³/mol. The van der Waals surface area contributed by atoms with Crippen LogP contribution in [-0.4, -0.2) is 12.0 Å². The molecule has 0 amide bonds. The van der Waals surface area contributed by atoms with Crippen molar-refractivity contribution >= 4 is 10.9 Å². The Morgan fingerprint density at radius 1 is 1.40 bits per heavy atom. The van der Waals surface area contributed by atoms with Crippen molar-refractivity contribution in [2.24, 2.45) is 0 Å². The highest BCUT2D eigenvalue weighted by atomic mass is 19.1. The minimum atomic E-state index is -0.192. The molecule has 0 aliphatic carbocycles. The van der Waals surface area contributed by atoms with Gasteiger partial charge in [-0.1, -0.05) is 6.92 Å². The van der Waals surface area contributed by atoms with Crippen LogP contribution in [0.25, 0.3) is 10.9 Å². The Morgan fingerprint density at radius 2 is 2.20 bits per heavy atom. The van der Waals surface area contributed by atoms with Gasteiger partial charge in [0.1, 0.15) is 5.82 Å². The highest BCUT2D eigenvalue weighted by Gasteiger charge is 2.09. The average Bonchev–Trinajstić information content (AvgIpc) is 2.54. The van der Waals surface area contributed by atoms with Gasteiger partial charge in [-0.3, -0.25) is 0 Å². The van der Waals surface area contributed by atoms with Crippen molar-refractivity contribution in [1.29, 1.82) is 0 Å². The van der Waals surface area contributed by atoms with E-state index in [9.17, 15) is 4.39 Å². The summed E-state index contributed by atoms with van der Waals surface area (Å²) in [6.07, 6.45) is 0.961. The maximum Gasteiger partial charge on any atom is 0.125 e. The van der Waals surface area contributed by atoms with Crippen molar-refractivity contribution in [3.63, 3.8) is 0 Å². The fraction of sp³-hybridized carbons (Fsp3) is 0.333. The molecule has 1 aromatic heterocycles. The highest BCUT2D eigenvalue weighted by molar-refractivity contribution is 5.84. The molecule has 0 saturated carbocycles. The Hall–Kier alpha value is -1.35. The molecule has 0 fully saturated rings. The summed E-state index contributed by atoms with van der Waals surface area (Å²) < 4.78 is 13.0. The molecule has 0 atom stereocenters. The third-order valence-electron chi connectivity index (χ3n) is 2.66. The number of aryl methyl sites for hydroxylation is 1. The molecule has 1 heterocycles. The van der Waals surface area contributed by atoms with Crippen LogP contribution in [0.5, 0.6) is 0 Å². The molecule has 3 heteroatoms. The fourth-order valence-corrected chi connectivity index (χ4v) is 2.02. The van der Waals surface area contributed by atoms with Gasteiger partial charge in [-0.05, 0) is 37.2 Å². The number of benzene rings is 1. The standard InChI is InChI=1S/C12H15FN2/c1-3-9-10-5-4-8(13)6-11(10)15-12(9)7-14-2/h4-6,14-15H,3,7H2,1-2H3. The molecule has 0 aliphatic rings. The van der Waals surface area contributed by atoms with Crippen LogP contribution in [0.2, 0.25) is 0 Å². The van der Waals surface area contributed by atoms with Crippen molar-refractivity contribution in [3.05, 3.63) is 35.3 Å². The van der Waals surface area contributed by atoms with Gasteiger partial charge < -0.3 is 10.3 Å². The van der Waals surface area contributed by atoms with Gasteiger partial charge in [0.15, 0.2) is 0 Å². The van der Waals surface area contributed by atoms with Gasteiger partial charge in [-0.2, -0.15) is 0 Å². The number of H-pyrrole nitrogens is 1. The number of aromatic amines is 1. The second-order valence-corrected chi connectivity index (χ2v) is 3.66. The van der Waals surface area contributed by atoms with Crippen molar-refractivity contribution in [2.75, 3.05) is 7.05 Å². The lowest BCUT2D eigenvalue weighted by molar-refractivity contribution is 0.629. The SMILES string of the molecule is CCc1c(CNC)[nH]c2cc(F)ccc12. The Morgan fingerprint density at radius 3 is 2.87 bits per heavy atom. The van der Waals surface area contributed by atoms with E-state index in [4.69, 9.17) is 0 Å². The van der Waals surface area contributed by atoms with E-state index in [1.807, 2.05) is 13.1 Å². The van der Waals surface area contributed by atoms with Gasteiger partial charge in [-0.25, -0.2) is 4.39 Å². The molecular formula is C12H15FN2. The molecule has 0 aliphatic heterocycles. The van der Waals surface area contributed by atoms with Crippen molar-refractivity contribution in [1.82, 2.24) is 10.3 Å². The number of hydrogen-bond donors (Lipinski definition) is 2. The minimum Gasteiger partial charge on any atom is -0.357 e. The molecule has 0 unspecified atom stereocenters. The van der Waals surface area contributed by atoms with E-state index in [1.54, 1.807) is 6.07 Å². The van der Waals surface area contributed by atoms with Crippen LogP contribution in [0.1, 0.15) is 18.2 Å². The lowest BCUT2D eigenvalue weighted by Gasteiger charge is -2.00. The van der Waals surface area contributed by atoms with Crippen molar-refractivity contribution < 1.29 is 4.39 Å². The van der Waals surface area contributed by atoms with Crippen LogP contribution in [0, 0.1) is 5.82 Å². The van der Waals surface area contributed by atoms with E-state index in [0.29, 0.717) is 0 Å². The normalized spacial score (nSPS) is 11.1. The first-order chi connectivity index (χ1) is 7.26. The number of rotatable bonds is 3. The first-order valence-corrected chi connectivity index (χ1v) is 5.19. The smallest absolute Gasteiger partial charge is 0.125 e. The number of halogens is 1. The Labute approximate surface area is 88.5 Å². The molecule has 0 bridgehead atoms. The number of nitrogens with one attached hydrogen (secondary N) is 2. The molecule has 0 radical (unpaired) electrons. The Bertz CT molecular complexity index is 474. The summed E-state index contributed by atoms with van der Waals surface area (Å²) >= 11 is 0. The molecule has 1 aromatic carbocycles. The molecular weight excluding hydrogens is 191 g/mol. The number of fused-ring (bicyclic) bond motifs is 1. The predicted octanol–water partition coefficient (Wildman–Crippen LogP) is 2.59. The topological polar surface area (TPSA) is 27.8 Å². The second kappa shape index (κ2) is 4.03. The van der Waals surface area contributed by atoms with Gasteiger partial charge in [0, 0.05) is 23.1 Å². The van der Waals surface area contributed by atoms with E-state index in [2.05, 4.69) is 17.2 Å². The van der Waals surface area contributed by atoms with Gasteiger partial charge >= 0.3 is 0 Å². The molecule has 2 aromatic rings. The Kier molecular flexibility index (Phi) is 2.73. The third kappa shape index (κ3) is 1.75. The lowest BCUT2D eigenvalue weighted by Crippen LogP contribution is -2.07. The summed E-state index contributed by atoms with van der Waals surface area (Å²) in [5.41, 5.74) is 3.32. The summed E-state index contributed by atoms with van der Waals surface area (Å²) in [6, 6.07) is 4.91.